The number of carbonyl (C=O) groups is 1. The largest absolute Gasteiger partial charge is 0.748 e. The molecule has 9 heteroatoms. The summed E-state index contributed by atoms with van der Waals surface area (Å²) in [7, 11) is -4.47. The Morgan fingerprint density at radius 3 is 2.35 bits per heavy atom. The summed E-state index contributed by atoms with van der Waals surface area (Å²) in [5.74, 6) is -1.40. The number of rotatable bonds is 4. The number of hydrogen-bond donors (Lipinski definition) is 0. The quantitative estimate of drug-likeness (QED) is 0.220. The third-order valence-corrected chi connectivity index (χ3v) is 6.82. The molecule has 0 aliphatic heterocycles. The second kappa shape index (κ2) is 6.91. The normalized spacial score (nSPS) is 12.3. The molecular formula is C11H10I3O5S-. The minimum absolute atomic E-state index is 0.360. The van der Waals surface area contributed by atoms with Gasteiger partial charge in [0.25, 0.3) is 0 Å². The molecule has 20 heavy (non-hydrogen) atoms. The molecule has 0 spiro atoms. The average molecular weight is 635 g/mol. The molecule has 0 heterocycles. The van der Waals surface area contributed by atoms with Crippen LogP contribution in [0.15, 0.2) is 12.1 Å². The summed E-state index contributed by atoms with van der Waals surface area (Å²) >= 11 is 6.21. The molecular weight excluding hydrogens is 625 g/mol. The van der Waals surface area contributed by atoms with Crippen molar-refractivity contribution in [2.75, 3.05) is 5.75 Å². The van der Waals surface area contributed by atoms with E-state index in [-0.39, 0.29) is 0 Å². The van der Waals surface area contributed by atoms with Gasteiger partial charge in [-0.05, 0) is 93.8 Å². The minimum Gasteiger partial charge on any atom is -0.748 e. The first-order valence-electron chi connectivity index (χ1n) is 5.23. The number of halogens is 3. The third kappa shape index (κ3) is 5.88. The van der Waals surface area contributed by atoms with Crippen molar-refractivity contribution in [2.24, 2.45) is 0 Å². The molecule has 0 amide bonds. The Balaban J connectivity index is 3.03. The van der Waals surface area contributed by atoms with E-state index in [4.69, 9.17) is 4.74 Å². The monoisotopic (exact) mass is 635 g/mol. The van der Waals surface area contributed by atoms with E-state index in [1.165, 1.54) is 13.8 Å². The lowest BCUT2D eigenvalue weighted by atomic mass is 10.1. The Labute approximate surface area is 158 Å². The maximum Gasteiger partial charge on any atom is 0.339 e. The van der Waals surface area contributed by atoms with Crippen LogP contribution in [0.25, 0.3) is 0 Å². The average Bonchev–Trinajstić information content (AvgIpc) is 2.18. The second-order valence-electron chi connectivity index (χ2n) is 4.60. The molecule has 1 aromatic carbocycles. The fourth-order valence-corrected chi connectivity index (χ4v) is 4.75. The molecule has 0 aromatic heterocycles. The summed E-state index contributed by atoms with van der Waals surface area (Å²) in [6, 6.07) is 3.57. The predicted molar refractivity (Wildman–Crippen MR) is 98.7 cm³/mol. The summed E-state index contributed by atoms with van der Waals surface area (Å²) in [6.45, 7) is 2.79. The molecule has 0 bridgehead atoms. The van der Waals surface area contributed by atoms with Crippen LogP contribution in [0.4, 0.5) is 0 Å². The number of benzene rings is 1. The first kappa shape index (κ1) is 18.8. The van der Waals surface area contributed by atoms with Gasteiger partial charge in [0.05, 0.1) is 21.4 Å². The molecule has 0 saturated heterocycles. The van der Waals surface area contributed by atoms with Crippen LogP contribution in [0.5, 0.6) is 0 Å². The summed E-state index contributed by atoms with van der Waals surface area (Å²) in [5, 5.41) is 0. The zero-order chi connectivity index (χ0) is 15.7. The van der Waals surface area contributed by atoms with Gasteiger partial charge in [-0.15, -0.1) is 0 Å². The molecule has 0 fully saturated rings. The maximum absolute atomic E-state index is 12.1. The molecule has 112 valence electrons. The Kier molecular flexibility index (Phi) is 6.51. The van der Waals surface area contributed by atoms with Gasteiger partial charge in [0, 0.05) is 10.7 Å². The number of ether oxygens (including phenoxy) is 1. The first-order chi connectivity index (χ1) is 8.91. The lowest BCUT2D eigenvalue weighted by Crippen LogP contribution is -2.36. The smallest absolute Gasteiger partial charge is 0.339 e. The number of carbonyl (C=O) groups excluding carboxylic acids is 1. The van der Waals surface area contributed by atoms with E-state index in [1.54, 1.807) is 6.07 Å². The summed E-state index contributed by atoms with van der Waals surface area (Å²) in [5.41, 5.74) is -1.01. The highest BCUT2D eigenvalue weighted by Crippen LogP contribution is 2.25. The summed E-state index contributed by atoms with van der Waals surface area (Å²) in [6.07, 6.45) is 0. The summed E-state index contributed by atoms with van der Waals surface area (Å²) in [4.78, 5) is 12.1. The summed E-state index contributed by atoms with van der Waals surface area (Å²) < 4.78 is 40.0. The van der Waals surface area contributed by atoms with Gasteiger partial charge < -0.3 is 9.29 Å². The van der Waals surface area contributed by atoms with E-state index in [0.717, 1.165) is 10.7 Å². The Morgan fingerprint density at radius 2 is 1.85 bits per heavy atom. The van der Waals surface area contributed by atoms with Crippen LogP contribution in [0.3, 0.4) is 0 Å². The van der Waals surface area contributed by atoms with E-state index < -0.39 is 27.4 Å². The van der Waals surface area contributed by atoms with Crippen LogP contribution >= 0.6 is 67.8 Å². The van der Waals surface area contributed by atoms with Crippen molar-refractivity contribution in [1.29, 1.82) is 0 Å². The lowest BCUT2D eigenvalue weighted by Gasteiger charge is -2.26. The topological polar surface area (TPSA) is 83.5 Å². The number of esters is 1. The highest BCUT2D eigenvalue weighted by Gasteiger charge is 2.28. The zero-order valence-corrected chi connectivity index (χ0v) is 17.7. The van der Waals surface area contributed by atoms with Gasteiger partial charge in [0.15, 0.2) is 0 Å². The van der Waals surface area contributed by atoms with Gasteiger partial charge in [-0.3, -0.25) is 0 Å². The Morgan fingerprint density at radius 1 is 1.30 bits per heavy atom. The van der Waals surface area contributed by atoms with E-state index in [1.807, 2.05) is 28.7 Å². The highest BCUT2D eigenvalue weighted by molar-refractivity contribution is 14.1. The van der Waals surface area contributed by atoms with E-state index >= 15 is 0 Å². The molecule has 0 aliphatic rings. The zero-order valence-electron chi connectivity index (χ0n) is 10.4. The fourth-order valence-electron chi connectivity index (χ4n) is 1.47. The van der Waals surface area contributed by atoms with E-state index in [9.17, 15) is 17.8 Å². The van der Waals surface area contributed by atoms with Crippen LogP contribution in [0.1, 0.15) is 24.2 Å². The molecule has 0 N–H and O–H groups in total. The van der Waals surface area contributed by atoms with Crippen molar-refractivity contribution in [2.45, 2.75) is 19.4 Å². The second-order valence-corrected chi connectivity index (χ2v) is 9.49. The van der Waals surface area contributed by atoms with Crippen LogP contribution < -0.4 is 0 Å². The lowest BCUT2D eigenvalue weighted by molar-refractivity contribution is 0.00765. The fraction of sp³-hybridized carbons (Fsp3) is 0.364. The Hall–Kier alpha value is 0.790. The van der Waals surface area contributed by atoms with Crippen LogP contribution in [0.2, 0.25) is 0 Å². The molecule has 5 nitrogen and oxygen atoms in total. The first-order valence-corrected chi connectivity index (χ1v) is 10.0. The Bertz CT molecular complexity index is 640. The SMILES string of the molecule is CC(C)(CS(=O)(=O)[O-])OC(=O)c1cc(I)cc(I)c1I. The van der Waals surface area contributed by atoms with Crippen molar-refractivity contribution in [3.8, 4) is 0 Å². The molecule has 0 saturated carbocycles. The van der Waals surface area contributed by atoms with Crippen LogP contribution in [-0.4, -0.2) is 30.3 Å². The highest BCUT2D eigenvalue weighted by atomic mass is 127. The molecule has 0 atom stereocenters. The van der Waals surface area contributed by atoms with Crippen molar-refractivity contribution >= 4 is 83.9 Å². The molecule has 0 aliphatic carbocycles. The molecule has 0 unspecified atom stereocenters. The molecule has 1 aromatic rings. The van der Waals surface area contributed by atoms with Crippen molar-refractivity contribution in [3.63, 3.8) is 0 Å². The van der Waals surface area contributed by atoms with E-state index in [0.29, 0.717) is 5.56 Å². The standard InChI is InChI=1S/C11H11I3O5S/c1-11(2,5-20(16,17)18)19-10(15)7-3-6(12)4-8(13)9(7)14/h3-4H,5H2,1-2H3,(H,16,17,18)/p-1. The van der Waals surface area contributed by atoms with Gasteiger partial charge >= 0.3 is 5.97 Å². The van der Waals surface area contributed by atoms with Gasteiger partial charge in [-0.1, -0.05) is 0 Å². The number of hydrogen-bond acceptors (Lipinski definition) is 5. The molecule has 0 radical (unpaired) electrons. The molecule has 1 rings (SSSR count). The van der Waals surface area contributed by atoms with Crippen LogP contribution in [0, 0.1) is 10.7 Å². The predicted octanol–water partition coefficient (Wildman–Crippen LogP) is 2.98. The minimum atomic E-state index is -4.47. The third-order valence-electron chi connectivity index (χ3n) is 2.11. The maximum atomic E-state index is 12.1. The van der Waals surface area contributed by atoms with Gasteiger partial charge in [-0.25, -0.2) is 13.2 Å². The van der Waals surface area contributed by atoms with Crippen molar-refractivity contribution < 1.29 is 22.5 Å². The van der Waals surface area contributed by atoms with Gasteiger partial charge in [0.2, 0.25) is 0 Å². The van der Waals surface area contributed by atoms with Crippen molar-refractivity contribution in [3.05, 3.63) is 28.4 Å². The van der Waals surface area contributed by atoms with E-state index in [2.05, 4.69) is 45.2 Å². The van der Waals surface area contributed by atoms with Crippen LogP contribution in [-0.2, 0) is 14.9 Å². The van der Waals surface area contributed by atoms with Gasteiger partial charge in [-0.2, -0.15) is 0 Å². The van der Waals surface area contributed by atoms with Gasteiger partial charge in [0.1, 0.15) is 5.60 Å². The van der Waals surface area contributed by atoms with Crippen molar-refractivity contribution in [1.82, 2.24) is 0 Å².